The number of nitrogens with one attached hydrogen (secondary N) is 1. The zero-order chi connectivity index (χ0) is 19.2. The standard InChI is InChI=1S/C13H16N2.C5H10.C3H6.CH3F/c1-15-9-12(10-6-7-14-8-10)11-4-2-3-5-13(11)15;1-4-5(2)3;1-3-2;1-2/h2-5,9-10,14H,6-8H2,1H3;2,4H2,1,3H3;3H,1H2,2H3;1H3. The van der Waals surface area contributed by atoms with Gasteiger partial charge in [0.05, 0.1) is 7.18 Å². The van der Waals surface area contributed by atoms with Crippen molar-refractivity contribution in [1.82, 2.24) is 9.88 Å². The van der Waals surface area contributed by atoms with Crippen molar-refractivity contribution >= 4 is 10.9 Å². The molecule has 3 heteroatoms. The van der Waals surface area contributed by atoms with Crippen molar-refractivity contribution < 1.29 is 4.39 Å². The Hall–Kier alpha value is -1.87. The zero-order valence-corrected chi connectivity index (χ0v) is 16.6. The molecule has 0 aliphatic carbocycles. The first-order chi connectivity index (χ1) is 12.0. The number of aromatic nitrogens is 1. The van der Waals surface area contributed by atoms with E-state index in [9.17, 15) is 4.39 Å². The summed E-state index contributed by atoms with van der Waals surface area (Å²) in [5.41, 5.74) is 4.11. The topological polar surface area (TPSA) is 17.0 Å². The average Bonchev–Trinajstić information content (AvgIpc) is 3.26. The number of aryl methyl sites for hydroxylation is 1. The molecule has 1 aliphatic heterocycles. The van der Waals surface area contributed by atoms with E-state index in [-0.39, 0.29) is 0 Å². The van der Waals surface area contributed by atoms with Gasteiger partial charge < -0.3 is 9.88 Å². The van der Waals surface area contributed by atoms with Gasteiger partial charge in [0.25, 0.3) is 0 Å². The Morgan fingerprint density at radius 2 is 1.92 bits per heavy atom. The van der Waals surface area contributed by atoms with Gasteiger partial charge in [0.2, 0.25) is 0 Å². The van der Waals surface area contributed by atoms with Gasteiger partial charge in [-0.2, -0.15) is 0 Å². The number of benzene rings is 1. The SMILES string of the molecule is C=C(C)CC.C=CC.CF.Cn1cc(C2CCNC2)c2ccccc21. The van der Waals surface area contributed by atoms with Gasteiger partial charge in [-0.05, 0) is 50.8 Å². The molecule has 1 saturated heterocycles. The monoisotopic (exact) mass is 346 g/mol. The lowest BCUT2D eigenvalue weighted by Crippen LogP contribution is -2.07. The molecule has 3 rings (SSSR count). The molecule has 0 radical (unpaired) electrons. The fourth-order valence-corrected chi connectivity index (χ4v) is 2.62. The van der Waals surface area contributed by atoms with E-state index in [2.05, 4.69) is 67.5 Å². The number of fused-ring (bicyclic) bond motifs is 1. The molecule has 1 aromatic carbocycles. The third-order valence-electron chi connectivity index (χ3n) is 4.03. The molecule has 2 nitrogen and oxygen atoms in total. The summed E-state index contributed by atoms with van der Waals surface area (Å²) in [5, 5.41) is 4.86. The highest BCUT2D eigenvalue weighted by Gasteiger charge is 2.20. The van der Waals surface area contributed by atoms with Crippen LogP contribution in [0.15, 0.2) is 55.3 Å². The Balaban J connectivity index is 0.000000488. The van der Waals surface area contributed by atoms with Crippen molar-refractivity contribution in [3.63, 3.8) is 0 Å². The van der Waals surface area contributed by atoms with Gasteiger partial charge >= 0.3 is 0 Å². The van der Waals surface area contributed by atoms with Crippen LogP contribution in [0.25, 0.3) is 10.9 Å². The zero-order valence-electron chi connectivity index (χ0n) is 16.6. The summed E-state index contributed by atoms with van der Waals surface area (Å²) in [7, 11) is 2.63. The number of hydrogen-bond donors (Lipinski definition) is 1. The highest BCUT2D eigenvalue weighted by atomic mass is 19.1. The third kappa shape index (κ3) is 7.70. The molecule has 1 aromatic heterocycles. The fraction of sp³-hybridized carbons (Fsp3) is 0.455. The Bertz CT molecular complexity index is 622. The van der Waals surface area contributed by atoms with Crippen molar-refractivity contribution in [3.8, 4) is 0 Å². The highest BCUT2D eigenvalue weighted by Crippen LogP contribution is 2.30. The van der Waals surface area contributed by atoms with Gasteiger partial charge in [0, 0.05) is 30.7 Å². The summed E-state index contributed by atoms with van der Waals surface area (Å²) in [6, 6.07) is 8.68. The Morgan fingerprint density at radius 3 is 2.40 bits per heavy atom. The molecule has 1 atom stereocenters. The Kier molecular flexibility index (Phi) is 12.4. The van der Waals surface area contributed by atoms with E-state index in [0.717, 1.165) is 19.5 Å². The molecule has 0 bridgehead atoms. The van der Waals surface area contributed by atoms with Crippen LogP contribution in [0.1, 0.15) is 45.1 Å². The predicted octanol–water partition coefficient (Wildman–Crippen LogP) is 6.01. The molecule has 140 valence electrons. The summed E-state index contributed by atoms with van der Waals surface area (Å²) in [6.45, 7) is 15.3. The Morgan fingerprint density at radius 1 is 1.36 bits per heavy atom. The molecule has 1 fully saturated rings. The van der Waals surface area contributed by atoms with Crippen molar-refractivity contribution in [1.29, 1.82) is 0 Å². The number of nitrogens with zero attached hydrogens (tertiary/aromatic N) is 1. The second-order valence-electron chi connectivity index (χ2n) is 6.12. The van der Waals surface area contributed by atoms with Gasteiger partial charge in [-0.1, -0.05) is 36.8 Å². The number of alkyl halides is 1. The van der Waals surface area contributed by atoms with Crippen LogP contribution in [0.2, 0.25) is 0 Å². The number of hydrogen-bond acceptors (Lipinski definition) is 1. The minimum Gasteiger partial charge on any atom is -0.350 e. The maximum atomic E-state index is 9.50. The second kappa shape index (κ2) is 13.4. The maximum absolute atomic E-state index is 9.50. The van der Waals surface area contributed by atoms with Gasteiger partial charge in [0.1, 0.15) is 0 Å². The number of halogens is 1. The van der Waals surface area contributed by atoms with E-state index in [0.29, 0.717) is 13.1 Å². The van der Waals surface area contributed by atoms with Crippen molar-refractivity contribution in [3.05, 3.63) is 60.8 Å². The van der Waals surface area contributed by atoms with Crippen LogP contribution >= 0.6 is 0 Å². The van der Waals surface area contributed by atoms with Crippen LogP contribution < -0.4 is 5.32 Å². The first-order valence-electron chi connectivity index (χ1n) is 8.89. The average molecular weight is 347 g/mol. The van der Waals surface area contributed by atoms with E-state index in [4.69, 9.17) is 0 Å². The maximum Gasteiger partial charge on any atom is 0.0785 e. The lowest BCUT2D eigenvalue weighted by atomic mass is 9.98. The normalized spacial score (nSPS) is 15.0. The minimum atomic E-state index is 0.500. The first-order valence-corrected chi connectivity index (χ1v) is 8.89. The molecular weight excluding hydrogens is 311 g/mol. The quantitative estimate of drug-likeness (QED) is 0.659. The molecule has 1 unspecified atom stereocenters. The molecular formula is C22H35FN2. The first kappa shape index (κ1) is 23.1. The third-order valence-corrected chi connectivity index (χ3v) is 4.03. The van der Waals surface area contributed by atoms with Gasteiger partial charge in [0.15, 0.2) is 0 Å². The largest absolute Gasteiger partial charge is 0.350 e. The van der Waals surface area contributed by atoms with Crippen LogP contribution in [0.4, 0.5) is 4.39 Å². The molecule has 0 amide bonds. The van der Waals surface area contributed by atoms with Crippen LogP contribution in [0, 0.1) is 0 Å². The number of para-hydroxylation sites is 1. The highest BCUT2D eigenvalue weighted by molar-refractivity contribution is 5.84. The summed E-state index contributed by atoms with van der Waals surface area (Å²) < 4.78 is 11.7. The van der Waals surface area contributed by atoms with Crippen LogP contribution in [0.3, 0.4) is 0 Å². The number of rotatable bonds is 2. The summed E-state index contributed by atoms with van der Waals surface area (Å²) in [6.07, 6.45) is 6.43. The van der Waals surface area contributed by atoms with Crippen molar-refractivity contribution in [2.75, 3.05) is 20.3 Å². The van der Waals surface area contributed by atoms with Crippen LogP contribution in [0.5, 0.6) is 0 Å². The minimum absolute atomic E-state index is 0.500. The van der Waals surface area contributed by atoms with Crippen molar-refractivity contribution in [2.24, 2.45) is 7.05 Å². The molecule has 1 aliphatic rings. The molecule has 0 saturated carbocycles. The lowest BCUT2D eigenvalue weighted by molar-refractivity contribution is 0.636. The van der Waals surface area contributed by atoms with E-state index in [1.807, 2.05) is 13.8 Å². The van der Waals surface area contributed by atoms with Crippen LogP contribution in [-0.4, -0.2) is 24.8 Å². The summed E-state index contributed by atoms with van der Waals surface area (Å²) in [5.74, 6) is 0.705. The van der Waals surface area contributed by atoms with Crippen LogP contribution in [-0.2, 0) is 7.05 Å². The fourth-order valence-electron chi connectivity index (χ4n) is 2.62. The lowest BCUT2D eigenvalue weighted by Gasteiger charge is -2.05. The molecule has 1 N–H and O–H groups in total. The molecule has 25 heavy (non-hydrogen) atoms. The van der Waals surface area contributed by atoms with E-state index >= 15 is 0 Å². The smallest absolute Gasteiger partial charge is 0.0785 e. The predicted molar refractivity (Wildman–Crippen MR) is 111 cm³/mol. The summed E-state index contributed by atoms with van der Waals surface area (Å²) in [4.78, 5) is 0. The summed E-state index contributed by atoms with van der Waals surface area (Å²) >= 11 is 0. The van der Waals surface area contributed by atoms with E-state index in [1.54, 1.807) is 6.08 Å². The van der Waals surface area contributed by atoms with Gasteiger partial charge in [-0.15, -0.1) is 13.2 Å². The van der Waals surface area contributed by atoms with Gasteiger partial charge in [-0.3, -0.25) is 4.39 Å². The van der Waals surface area contributed by atoms with Crippen molar-refractivity contribution in [2.45, 2.75) is 39.5 Å². The second-order valence-corrected chi connectivity index (χ2v) is 6.12. The van der Waals surface area contributed by atoms with Gasteiger partial charge in [-0.25, -0.2) is 0 Å². The van der Waals surface area contributed by atoms with E-state index < -0.39 is 0 Å². The molecule has 2 heterocycles. The molecule has 2 aromatic rings. The van der Waals surface area contributed by atoms with E-state index in [1.165, 1.54) is 28.5 Å². The Labute approximate surface area is 153 Å². The number of allylic oxidation sites excluding steroid dienone is 2. The molecule has 0 spiro atoms.